The van der Waals surface area contributed by atoms with Crippen molar-refractivity contribution in [3.05, 3.63) is 53.0 Å². The zero-order chi connectivity index (χ0) is 17.2. The standard InChI is InChI=1S/C21H28N4/c1-15-13-21(23-16(2)22-15)25-11-9-19(10-12-25)24-20-8-7-17-5-3-4-6-18(17)14-20/h3-6,13,19-20,24H,7-12,14H2,1-2H3/t20-/m0/s1. The van der Waals surface area contributed by atoms with Crippen molar-refractivity contribution >= 4 is 5.82 Å². The van der Waals surface area contributed by atoms with Gasteiger partial charge in [-0.1, -0.05) is 24.3 Å². The monoisotopic (exact) mass is 336 g/mol. The quantitative estimate of drug-likeness (QED) is 0.934. The van der Waals surface area contributed by atoms with Crippen LogP contribution in [0, 0.1) is 13.8 Å². The summed E-state index contributed by atoms with van der Waals surface area (Å²) in [6.07, 6.45) is 6.05. The molecule has 4 nitrogen and oxygen atoms in total. The lowest BCUT2D eigenvalue weighted by atomic mass is 9.87. The smallest absolute Gasteiger partial charge is 0.132 e. The van der Waals surface area contributed by atoms with Crippen LogP contribution in [0.1, 0.15) is 41.9 Å². The molecule has 0 amide bonds. The normalized spacial score (nSPS) is 21.2. The Bertz CT molecular complexity index is 714. The molecule has 1 fully saturated rings. The Morgan fingerprint density at radius 1 is 0.960 bits per heavy atom. The molecule has 25 heavy (non-hydrogen) atoms. The predicted octanol–water partition coefficient (Wildman–Crippen LogP) is 3.21. The Labute approximate surface area is 150 Å². The van der Waals surface area contributed by atoms with Crippen LogP contribution in [0.25, 0.3) is 0 Å². The molecular formula is C21H28N4. The molecule has 4 heteroatoms. The molecule has 1 aliphatic heterocycles. The first kappa shape index (κ1) is 16.5. The number of fused-ring (bicyclic) bond motifs is 1. The van der Waals surface area contributed by atoms with E-state index >= 15 is 0 Å². The Hall–Kier alpha value is -1.94. The van der Waals surface area contributed by atoms with Crippen molar-refractivity contribution in [1.29, 1.82) is 0 Å². The van der Waals surface area contributed by atoms with E-state index in [2.05, 4.69) is 50.5 Å². The first-order chi connectivity index (χ1) is 12.2. The van der Waals surface area contributed by atoms with E-state index in [0.29, 0.717) is 12.1 Å². The molecular weight excluding hydrogens is 308 g/mol. The van der Waals surface area contributed by atoms with Crippen molar-refractivity contribution in [2.75, 3.05) is 18.0 Å². The Morgan fingerprint density at radius 3 is 2.48 bits per heavy atom. The highest BCUT2D eigenvalue weighted by molar-refractivity contribution is 5.40. The van der Waals surface area contributed by atoms with E-state index in [4.69, 9.17) is 0 Å². The van der Waals surface area contributed by atoms with Crippen molar-refractivity contribution < 1.29 is 0 Å². The van der Waals surface area contributed by atoms with Crippen molar-refractivity contribution in [3.63, 3.8) is 0 Å². The average Bonchev–Trinajstić information content (AvgIpc) is 2.61. The predicted molar refractivity (Wildman–Crippen MR) is 102 cm³/mol. The molecule has 0 bridgehead atoms. The summed E-state index contributed by atoms with van der Waals surface area (Å²) in [5, 5.41) is 3.93. The van der Waals surface area contributed by atoms with E-state index in [1.807, 2.05) is 13.8 Å². The van der Waals surface area contributed by atoms with Gasteiger partial charge in [-0.2, -0.15) is 0 Å². The van der Waals surface area contributed by atoms with Gasteiger partial charge in [0, 0.05) is 36.9 Å². The van der Waals surface area contributed by atoms with E-state index in [1.165, 1.54) is 37.7 Å². The molecule has 0 unspecified atom stereocenters. The number of piperidine rings is 1. The van der Waals surface area contributed by atoms with E-state index in [0.717, 1.165) is 30.4 Å². The summed E-state index contributed by atoms with van der Waals surface area (Å²) < 4.78 is 0. The molecule has 1 aromatic heterocycles. The van der Waals surface area contributed by atoms with E-state index in [-0.39, 0.29) is 0 Å². The fourth-order valence-electron chi connectivity index (χ4n) is 4.31. The third-order valence-corrected chi connectivity index (χ3v) is 5.59. The van der Waals surface area contributed by atoms with Gasteiger partial charge in [0.05, 0.1) is 0 Å². The fourth-order valence-corrected chi connectivity index (χ4v) is 4.31. The van der Waals surface area contributed by atoms with Crippen LogP contribution in [0.5, 0.6) is 0 Å². The van der Waals surface area contributed by atoms with Gasteiger partial charge in [0.2, 0.25) is 0 Å². The van der Waals surface area contributed by atoms with Gasteiger partial charge in [0.1, 0.15) is 11.6 Å². The van der Waals surface area contributed by atoms with E-state index in [9.17, 15) is 0 Å². The second-order valence-corrected chi connectivity index (χ2v) is 7.55. The lowest BCUT2D eigenvalue weighted by molar-refractivity contribution is 0.344. The van der Waals surface area contributed by atoms with Crippen LogP contribution in [0.4, 0.5) is 5.82 Å². The SMILES string of the molecule is Cc1cc(N2CCC(N[C@H]3CCc4ccccc4C3)CC2)nc(C)n1. The lowest BCUT2D eigenvalue weighted by Crippen LogP contribution is -2.48. The highest BCUT2D eigenvalue weighted by atomic mass is 15.2. The number of aromatic nitrogens is 2. The molecule has 1 aliphatic carbocycles. The number of aryl methyl sites for hydroxylation is 3. The molecule has 4 rings (SSSR count). The Balaban J connectivity index is 1.32. The summed E-state index contributed by atoms with van der Waals surface area (Å²) in [4.78, 5) is 11.4. The topological polar surface area (TPSA) is 41.0 Å². The minimum atomic E-state index is 0.634. The number of benzene rings is 1. The fraction of sp³-hybridized carbons (Fsp3) is 0.524. The Kier molecular flexibility index (Phi) is 4.71. The van der Waals surface area contributed by atoms with Gasteiger partial charge >= 0.3 is 0 Å². The number of nitrogens with zero attached hydrogens (tertiary/aromatic N) is 3. The average molecular weight is 336 g/mol. The summed E-state index contributed by atoms with van der Waals surface area (Å²) in [6.45, 7) is 6.19. The van der Waals surface area contributed by atoms with Gasteiger partial charge < -0.3 is 10.2 Å². The van der Waals surface area contributed by atoms with Crippen LogP contribution in [0.3, 0.4) is 0 Å². The summed E-state index contributed by atoms with van der Waals surface area (Å²) in [5.74, 6) is 1.96. The third kappa shape index (κ3) is 3.84. The molecule has 1 atom stereocenters. The first-order valence-electron chi connectivity index (χ1n) is 9.57. The maximum Gasteiger partial charge on any atom is 0.132 e. The lowest BCUT2D eigenvalue weighted by Gasteiger charge is -2.36. The maximum absolute atomic E-state index is 4.62. The Morgan fingerprint density at radius 2 is 1.72 bits per heavy atom. The number of hydrogen-bond acceptors (Lipinski definition) is 4. The van der Waals surface area contributed by atoms with Gasteiger partial charge in [-0.3, -0.25) is 0 Å². The maximum atomic E-state index is 4.62. The first-order valence-corrected chi connectivity index (χ1v) is 9.57. The number of anilines is 1. The van der Waals surface area contributed by atoms with Gasteiger partial charge in [-0.25, -0.2) is 9.97 Å². The molecule has 1 N–H and O–H groups in total. The van der Waals surface area contributed by atoms with Crippen molar-refractivity contribution in [3.8, 4) is 0 Å². The molecule has 1 aromatic carbocycles. The van der Waals surface area contributed by atoms with Crippen LogP contribution in [-0.2, 0) is 12.8 Å². The summed E-state index contributed by atoms with van der Waals surface area (Å²) in [6, 6.07) is 12.3. The number of rotatable bonds is 3. The summed E-state index contributed by atoms with van der Waals surface area (Å²) in [7, 11) is 0. The van der Waals surface area contributed by atoms with Crippen molar-refractivity contribution in [1.82, 2.24) is 15.3 Å². The second-order valence-electron chi connectivity index (χ2n) is 7.55. The zero-order valence-corrected chi connectivity index (χ0v) is 15.3. The van der Waals surface area contributed by atoms with Gasteiger partial charge in [0.25, 0.3) is 0 Å². The van der Waals surface area contributed by atoms with Crippen LogP contribution >= 0.6 is 0 Å². The molecule has 2 heterocycles. The zero-order valence-electron chi connectivity index (χ0n) is 15.3. The van der Waals surface area contributed by atoms with Crippen molar-refractivity contribution in [2.45, 2.75) is 58.0 Å². The molecule has 2 aliphatic rings. The molecule has 0 radical (unpaired) electrons. The van der Waals surface area contributed by atoms with Crippen LogP contribution in [0.2, 0.25) is 0 Å². The van der Waals surface area contributed by atoms with Crippen LogP contribution in [-0.4, -0.2) is 35.1 Å². The molecule has 0 spiro atoms. The molecule has 2 aromatic rings. The third-order valence-electron chi connectivity index (χ3n) is 5.59. The minimum Gasteiger partial charge on any atom is -0.356 e. The van der Waals surface area contributed by atoms with E-state index < -0.39 is 0 Å². The minimum absolute atomic E-state index is 0.634. The second kappa shape index (κ2) is 7.12. The van der Waals surface area contributed by atoms with Gasteiger partial charge in [-0.15, -0.1) is 0 Å². The van der Waals surface area contributed by atoms with Gasteiger partial charge in [-0.05, 0) is 57.1 Å². The van der Waals surface area contributed by atoms with E-state index in [1.54, 1.807) is 5.56 Å². The van der Waals surface area contributed by atoms with Crippen molar-refractivity contribution in [2.24, 2.45) is 0 Å². The summed E-state index contributed by atoms with van der Waals surface area (Å²) >= 11 is 0. The summed E-state index contributed by atoms with van der Waals surface area (Å²) in [5.41, 5.74) is 4.14. The highest BCUT2D eigenvalue weighted by Crippen LogP contribution is 2.23. The number of nitrogens with one attached hydrogen (secondary N) is 1. The highest BCUT2D eigenvalue weighted by Gasteiger charge is 2.25. The number of hydrogen-bond donors (Lipinski definition) is 1. The van der Waals surface area contributed by atoms with Crippen LogP contribution < -0.4 is 10.2 Å². The molecule has 0 saturated carbocycles. The largest absolute Gasteiger partial charge is 0.356 e. The van der Waals surface area contributed by atoms with Gasteiger partial charge in [0.15, 0.2) is 0 Å². The molecule has 132 valence electrons. The molecule has 1 saturated heterocycles. The van der Waals surface area contributed by atoms with Crippen LogP contribution in [0.15, 0.2) is 30.3 Å².